The van der Waals surface area contributed by atoms with Gasteiger partial charge in [0.2, 0.25) is 11.8 Å². The van der Waals surface area contributed by atoms with Crippen LogP contribution in [0.1, 0.15) is 5.56 Å². The Labute approximate surface area is 167 Å². The summed E-state index contributed by atoms with van der Waals surface area (Å²) in [5, 5.41) is 11.2. The van der Waals surface area contributed by atoms with Crippen molar-refractivity contribution in [3.63, 3.8) is 0 Å². The van der Waals surface area contributed by atoms with Crippen molar-refractivity contribution in [2.75, 3.05) is 32.0 Å². The van der Waals surface area contributed by atoms with Gasteiger partial charge in [-0.2, -0.15) is 0 Å². The third kappa shape index (κ3) is 8.57. The molecule has 1 aromatic carbocycles. The van der Waals surface area contributed by atoms with Crippen LogP contribution in [0.2, 0.25) is 5.02 Å². The minimum absolute atomic E-state index is 0.0823. The van der Waals surface area contributed by atoms with Gasteiger partial charge in [0.15, 0.2) is 0 Å². The van der Waals surface area contributed by atoms with Gasteiger partial charge in [0.1, 0.15) is 0 Å². The van der Waals surface area contributed by atoms with Crippen LogP contribution in [0.15, 0.2) is 36.4 Å². The van der Waals surface area contributed by atoms with Crippen LogP contribution in [0.3, 0.4) is 0 Å². The predicted molar refractivity (Wildman–Crippen MR) is 108 cm³/mol. The largest absolute Gasteiger partial charge is 0.374 e. The molecule has 1 aliphatic rings. The molecule has 146 valence electrons. The number of ether oxygens (including phenoxy) is 1. The first-order valence-electron chi connectivity index (χ1n) is 8.46. The Morgan fingerprint density at radius 2 is 2.26 bits per heavy atom. The number of amides is 2. The molecule has 0 bridgehead atoms. The number of primary amides is 1. The Bertz CT molecular complexity index is 714. The molecule has 1 saturated heterocycles. The number of rotatable bonds is 8. The maximum atomic E-state index is 11.9. The molecule has 27 heavy (non-hydrogen) atoms. The van der Waals surface area contributed by atoms with E-state index in [4.69, 9.17) is 27.5 Å². The van der Waals surface area contributed by atoms with Crippen LogP contribution in [0.5, 0.6) is 0 Å². The summed E-state index contributed by atoms with van der Waals surface area (Å²) in [7, 11) is 0. The van der Waals surface area contributed by atoms with E-state index in [0.29, 0.717) is 13.2 Å². The van der Waals surface area contributed by atoms with Crippen molar-refractivity contribution >= 4 is 40.2 Å². The number of benzene rings is 1. The SMILES string of the molecule is N=C(/C=C\C(N)=O)SCC(=O)NCC1CN(Cc2cccc(Cl)c2)CCO1. The fourth-order valence-electron chi connectivity index (χ4n) is 2.57. The molecule has 0 saturated carbocycles. The van der Waals surface area contributed by atoms with Crippen molar-refractivity contribution < 1.29 is 14.3 Å². The van der Waals surface area contributed by atoms with Crippen molar-refractivity contribution in [1.82, 2.24) is 10.2 Å². The second-order valence-electron chi connectivity index (χ2n) is 6.05. The fourth-order valence-corrected chi connectivity index (χ4v) is 3.33. The van der Waals surface area contributed by atoms with Gasteiger partial charge in [-0.15, -0.1) is 0 Å². The molecule has 2 amide bonds. The van der Waals surface area contributed by atoms with Crippen molar-refractivity contribution in [2.24, 2.45) is 5.73 Å². The second-order valence-corrected chi connectivity index (χ2v) is 7.50. The van der Waals surface area contributed by atoms with Gasteiger partial charge in [-0.05, 0) is 23.8 Å². The minimum Gasteiger partial charge on any atom is -0.374 e. The summed E-state index contributed by atoms with van der Waals surface area (Å²) >= 11 is 7.06. The van der Waals surface area contributed by atoms with E-state index in [1.165, 1.54) is 6.08 Å². The summed E-state index contributed by atoms with van der Waals surface area (Å²) < 4.78 is 5.72. The lowest BCUT2D eigenvalue weighted by Gasteiger charge is -2.33. The molecule has 2 rings (SSSR count). The lowest BCUT2D eigenvalue weighted by molar-refractivity contribution is -0.119. The molecule has 1 atom stereocenters. The van der Waals surface area contributed by atoms with Gasteiger partial charge in [0.05, 0.1) is 23.5 Å². The lowest BCUT2D eigenvalue weighted by Crippen LogP contribution is -2.47. The Morgan fingerprint density at radius 3 is 3.00 bits per heavy atom. The first-order chi connectivity index (χ1) is 12.9. The molecule has 0 radical (unpaired) electrons. The lowest BCUT2D eigenvalue weighted by atomic mass is 10.2. The van der Waals surface area contributed by atoms with Gasteiger partial charge < -0.3 is 15.8 Å². The first kappa shape index (κ1) is 21.4. The van der Waals surface area contributed by atoms with E-state index in [9.17, 15) is 9.59 Å². The molecule has 1 unspecified atom stereocenters. The summed E-state index contributed by atoms with van der Waals surface area (Å²) in [6.07, 6.45) is 2.29. The van der Waals surface area contributed by atoms with Gasteiger partial charge in [-0.1, -0.05) is 35.5 Å². The normalized spacial score (nSPS) is 17.7. The Morgan fingerprint density at radius 1 is 1.44 bits per heavy atom. The average Bonchev–Trinajstić information content (AvgIpc) is 2.63. The van der Waals surface area contributed by atoms with Crippen molar-refractivity contribution in [3.05, 3.63) is 47.0 Å². The first-order valence-corrected chi connectivity index (χ1v) is 9.82. The molecule has 1 aromatic rings. The minimum atomic E-state index is -0.624. The van der Waals surface area contributed by atoms with Crippen LogP contribution < -0.4 is 11.1 Å². The number of carbonyl (C=O) groups excluding carboxylic acids is 2. The maximum Gasteiger partial charge on any atom is 0.241 e. The molecule has 7 nitrogen and oxygen atoms in total. The number of hydrogen-bond donors (Lipinski definition) is 3. The van der Waals surface area contributed by atoms with E-state index in [1.807, 2.05) is 24.3 Å². The van der Waals surface area contributed by atoms with E-state index < -0.39 is 5.91 Å². The molecule has 4 N–H and O–H groups in total. The van der Waals surface area contributed by atoms with Gasteiger partial charge in [0.25, 0.3) is 0 Å². The van der Waals surface area contributed by atoms with Gasteiger partial charge in [0, 0.05) is 37.3 Å². The summed E-state index contributed by atoms with van der Waals surface area (Å²) in [6, 6.07) is 7.78. The van der Waals surface area contributed by atoms with E-state index in [2.05, 4.69) is 10.2 Å². The van der Waals surface area contributed by atoms with Crippen molar-refractivity contribution in [2.45, 2.75) is 12.6 Å². The number of hydrogen-bond acceptors (Lipinski definition) is 6. The number of thioether (sulfide) groups is 1. The summed E-state index contributed by atoms with van der Waals surface area (Å²) in [4.78, 5) is 24.8. The van der Waals surface area contributed by atoms with Crippen LogP contribution >= 0.6 is 23.4 Å². The molecule has 0 spiro atoms. The van der Waals surface area contributed by atoms with Crippen LogP contribution in [0.4, 0.5) is 0 Å². The molecule has 0 aliphatic carbocycles. The zero-order chi connectivity index (χ0) is 19.6. The molecular weight excluding hydrogens is 388 g/mol. The van der Waals surface area contributed by atoms with Crippen molar-refractivity contribution in [1.29, 1.82) is 5.41 Å². The molecule has 1 aliphatic heterocycles. The number of halogens is 1. The highest BCUT2D eigenvalue weighted by molar-refractivity contribution is 8.14. The Hall–Kier alpha value is -1.87. The van der Waals surface area contributed by atoms with E-state index >= 15 is 0 Å². The summed E-state index contributed by atoms with van der Waals surface area (Å²) in [6.45, 7) is 3.36. The third-order valence-corrected chi connectivity index (χ3v) is 4.89. The number of nitrogens with two attached hydrogens (primary N) is 1. The van der Waals surface area contributed by atoms with E-state index in [0.717, 1.165) is 48.1 Å². The van der Waals surface area contributed by atoms with Crippen molar-refractivity contribution in [3.8, 4) is 0 Å². The molecular formula is C18H23ClN4O3S. The fraction of sp³-hybridized carbons (Fsp3) is 0.389. The number of nitrogens with one attached hydrogen (secondary N) is 2. The third-order valence-electron chi connectivity index (χ3n) is 3.80. The van der Waals surface area contributed by atoms with E-state index in [-0.39, 0.29) is 22.8 Å². The monoisotopic (exact) mass is 410 g/mol. The molecule has 1 fully saturated rings. The number of morpholine rings is 1. The second kappa shape index (κ2) is 11.1. The van der Waals surface area contributed by atoms with Crippen LogP contribution in [-0.2, 0) is 20.9 Å². The van der Waals surface area contributed by atoms with Crippen LogP contribution in [-0.4, -0.2) is 59.9 Å². The summed E-state index contributed by atoms with van der Waals surface area (Å²) in [5.41, 5.74) is 6.10. The highest BCUT2D eigenvalue weighted by Crippen LogP contribution is 2.14. The summed E-state index contributed by atoms with van der Waals surface area (Å²) in [5.74, 6) is -0.713. The van der Waals surface area contributed by atoms with Crippen LogP contribution in [0, 0.1) is 5.41 Å². The Kier molecular flexibility index (Phi) is 8.80. The maximum absolute atomic E-state index is 11.9. The smallest absolute Gasteiger partial charge is 0.241 e. The Balaban J connectivity index is 1.70. The predicted octanol–water partition coefficient (Wildman–Crippen LogP) is 1.41. The topological polar surface area (TPSA) is 109 Å². The highest BCUT2D eigenvalue weighted by Gasteiger charge is 2.21. The highest BCUT2D eigenvalue weighted by atomic mass is 35.5. The van der Waals surface area contributed by atoms with Crippen LogP contribution in [0.25, 0.3) is 0 Å². The number of carbonyl (C=O) groups is 2. The molecule has 9 heteroatoms. The molecule has 0 aromatic heterocycles. The number of nitrogens with zero attached hydrogens (tertiary/aromatic N) is 1. The quantitative estimate of drug-likeness (QED) is 0.341. The standard InChI is InChI=1S/C18H23ClN4O3S/c19-14-3-1-2-13(8-14)10-23-6-7-26-15(11-23)9-22-18(25)12-27-17(21)5-4-16(20)24/h1-5,8,15,21H,6-7,9-12H2,(H2,20,24)(H,22,25)/b5-4-,21-17?. The van der Waals surface area contributed by atoms with Gasteiger partial charge >= 0.3 is 0 Å². The molecule has 1 heterocycles. The zero-order valence-electron chi connectivity index (χ0n) is 14.8. The zero-order valence-corrected chi connectivity index (χ0v) is 16.4. The average molecular weight is 411 g/mol. The van der Waals surface area contributed by atoms with Gasteiger partial charge in [-0.3, -0.25) is 19.9 Å². The van der Waals surface area contributed by atoms with E-state index in [1.54, 1.807) is 0 Å². The van der Waals surface area contributed by atoms with Gasteiger partial charge in [-0.25, -0.2) is 0 Å².